The van der Waals surface area contributed by atoms with E-state index in [-0.39, 0.29) is 35.9 Å². The van der Waals surface area contributed by atoms with Gasteiger partial charge in [-0.25, -0.2) is 4.98 Å². The number of pyridine rings is 1. The van der Waals surface area contributed by atoms with Crippen LogP contribution < -0.4 is 10.1 Å². The third kappa shape index (κ3) is 3.40. The van der Waals surface area contributed by atoms with Crippen LogP contribution in [0.1, 0.15) is 12.5 Å². The highest BCUT2D eigenvalue weighted by atomic mass is 16.6. The number of nitrogens with zero attached hydrogens (tertiary/aromatic N) is 3. The molecule has 0 radical (unpaired) electrons. The van der Waals surface area contributed by atoms with Crippen LogP contribution in [0.3, 0.4) is 0 Å². The largest absolute Gasteiger partial charge is 0.474 e. The van der Waals surface area contributed by atoms with E-state index < -0.39 is 4.92 Å². The molecule has 2 heterocycles. The highest BCUT2D eigenvalue weighted by molar-refractivity contribution is 5.44. The van der Waals surface area contributed by atoms with E-state index in [4.69, 9.17) is 14.7 Å². The van der Waals surface area contributed by atoms with Crippen LogP contribution in [0.5, 0.6) is 5.88 Å². The van der Waals surface area contributed by atoms with Crippen LogP contribution in [0.25, 0.3) is 0 Å². The predicted molar refractivity (Wildman–Crippen MR) is 68.3 cm³/mol. The number of hydrogen-bond acceptors (Lipinski definition) is 7. The summed E-state index contributed by atoms with van der Waals surface area (Å²) in [5.74, 6) is 0.0833. The first-order valence-corrected chi connectivity index (χ1v) is 6.13. The molecule has 1 fully saturated rings. The van der Waals surface area contributed by atoms with Gasteiger partial charge in [0.1, 0.15) is 30.5 Å². The van der Waals surface area contributed by atoms with E-state index in [1.807, 2.05) is 13.0 Å². The minimum absolute atomic E-state index is 0.0380. The van der Waals surface area contributed by atoms with Gasteiger partial charge in [-0.15, -0.1) is 0 Å². The number of morpholine rings is 1. The van der Waals surface area contributed by atoms with Gasteiger partial charge < -0.3 is 14.8 Å². The Morgan fingerprint density at radius 1 is 1.70 bits per heavy atom. The SMILES string of the molecule is CC1CNCC(COc2ncc([N+](=O)[O-])cc2C#N)O1. The van der Waals surface area contributed by atoms with Crippen molar-refractivity contribution in [2.24, 2.45) is 0 Å². The van der Waals surface area contributed by atoms with Crippen molar-refractivity contribution in [2.45, 2.75) is 19.1 Å². The van der Waals surface area contributed by atoms with Crippen LogP contribution in [0, 0.1) is 21.4 Å². The molecule has 8 heteroatoms. The second kappa shape index (κ2) is 6.27. The molecule has 1 aliphatic heterocycles. The lowest BCUT2D eigenvalue weighted by Gasteiger charge is -2.28. The number of nitro groups is 1. The minimum atomic E-state index is -0.604. The molecule has 2 unspecified atom stereocenters. The summed E-state index contributed by atoms with van der Waals surface area (Å²) in [6.45, 7) is 3.62. The van der Waals surface area contributed by atoms with Gasteiger partial charge in [0.15, 0.2) is 0 Å². The molecule has 0 amide bonds. The second-order valence-corrected chi connectivity index (χ2v) is 4.45. The van der Waals surface area contributed by atoms with E-state index in [2.05, 4.69) is 10.3 Å². The fourth-order valence-electron chi connectivity index (χ4n) is 1.88. The maximum Gasteiger partial charge on any atom is 0.289 e. The van der Waals surface area contributed by atoms with E-state index in [0.29, 0.717) is 6.54 Å². The lowest BCUT2D eigenvalue weighted by atomic mass is 10.2. The van der Waals surface area contributed by atoms with Gasteiger partial charge in [0.2, 0.25) is 5.88 Å². The Morgan fingerprint density at radius 3 is 3.15 bits per heavy atom. The summed E-state index contributed by atoms with van der Waals surface area (Å²) in [7, 11) is 0. The van der Waals surface area contributed by atoms with Crippen LogP contribution >= 0.6 is 0 Å². The molecular formula is C12H14N4O4. The summed E-state index contributed by atoms with van der Waals surface area (Å²) in [6, 6.07) is 2.98. The van der Waals surface area contributed by atoms with Crippen LogP contribution in [0.15, 0.2) is 12.3 Å². The lowest BCUT2D eigenvalue weighted by Crippen LogP contribution is -2.45. The minimum Gasteiger partial charge on any atom is -0.474 e. The van der Waals surface area contributed by atoms with E-state index in [1.54, 1.807) is 0 Å². The second-order valence-electron chi connectivity index (χ2n) is 4.45. The molecule has 2 atom stereocenters. The van der Waals surface area contributed by atoms with Gasteiger partial charge in [0, 0.05) is 19.2 Å². The zero-order chi connectivity index (χ0) is 14.5. The first-order valence-electron chi connectivity index (χ1n) is 6.13. The molecule has 1 saturated heterocycles. The highest BCUT2D eigenvalue weighted by Crippen LogP contribution is 2.20. The Morgan fingerprint density at radius 2 is 2.50 bits per heavy atom. The van der Waals surface area contributed by atoms with Crippen molar-refractivity contribution in [2.75, 3.05) is 19.7 Å². The van der Waals surface area contributed by atoms with Gasteiger partial charge in [-0.3, -0.25) is 10.1 Å². The van der Waals surface area contributed by atoms with Crippen LogP contribution in [0.4, 0.5) is 5.69 Å². The maximum atomic E-state index is 10.6. The summed E-state index contributed by atoms with van der Waals surface area (Å²) in [5, 5.41) is 22.8. The highest BCUT2D eigenvalue weighted by Gasteiger charge is 2.20. The molecule has 2 rings (SSSR count). The van der Waals surface area contributed by atoms with Crippen molar-refractivity contribution in [3.63, 3.8) is 0 Å². The van der Waals surface area contributed by atoms with Crippen molar-refractivity contribution in [1.29, 1.82) is 5.26 Å². The molecule has 1 aliphatic rings. The van der Waals surface area contributed by atoms with Gasteiger partial charge in [-0.1, -0.05) is 0 Å². The Bertz CT molecular complexity index is 543. The monoisotopic (exact) mass is 278 g/mol. The number of nitriles is 1. The van der Waals surface area contributed by atoms with E-state index in [1.165, 1.54) is 0 Å². The fraction of sp³-hybridized carbons (Fsp3) is 0.500. The quantitative estimate of drug-likeness (QED) is 0.634. The molecule has 0 saturated carbocycles. The van der Waals surface area contributed by atoms with Gasteiger partial charge >= 0.3 is 0 Å². The van der Waals surface area contributed by atoms with Crippen molar-refractivity contribution in [3.05, 3.63) is 27.9 Å². The molecule has 1 aromatic rings. The fourth-order valence-corrected chi connectivity index (χ4v) is 1.88. The van der Waals surface area contributed by atoms with Gasteiger partial charge in [0.05, 0.1) is 11.0 Å². The van der Waals surface area contributed by atoms with Crippen LogP contribution in [0.2, 0.25) is 0 Å². The van der Waals surface area contributed by atoms with Gasteiger partial charge in [-0.2, -0.15) is 5.26 Å². The molecule has 1 N–H and O–H groups in total. The Balaban J connectivity index is 2.02. The predicted octanol–water partition coefficient (Wildman–Crippen LogP) is 0.617. The Hall–Kier alpha value is -2.24. The van der Waals surface area contributed by atoms with Crippen molar-refractivity contribution in [1.82, 2.24) is 10.3 Å². The Labute approximate surface area is 115 Å². The number of hydrogen-bond donors (Lipinski definition) is 1. The van der Waals surface area contributed by atoms with Crippen LogP contribution in [-0.2, 0) is 4.74 Å². The third-order valence-electron chi connectivity index (χ3n) is 2.80. The third-order valence-corrected chi connectivity index (χ3v) is 2.80. The summed E-state index contributed by atoms with van der Waals surface area (Å²) in [4.78, 5) is 13.8. The normalized spacial score (nSPS) is 22.0. The maximum absolute atomic E-state index is 10.6. The molecule has 20 heavy (non-hydrogen) atoms. The lowest BCUT2D eigenvalue weighted by molar-refractivity contribution is -0.385. The summed E-state index contributed by atoms with van der Waals surface area (Å²) < 4.78 is 11.1. The zero-order valence-corrected chi connectivity index (χ0v) is 10.9. The summed E-state index contributed by atoms with van der Waals surface area (Å²) in [5.41, 5.74) is -0.200. The van der Waals surface area contributed by atoms with Crippen LogP contribution in [-0.4, -0.2) is 41.8 Å². The number of rotatable bonds is 4. The number of nitrogens with one attached hydrogen (secondary N) is 1. The molecule has 0 aliphatic carbocycles. The Kier molecular flexibility index (Phi) is 4.45. The summed E-state index contributed by atoms with van der Waals surface area (Å²) in [6.07, 6.45) is 1.03. The van der Waals surface area contributed by atoms with E-state index in [9.17, 15) is 10.1 Å². The van der Waals surface area contributed by atoms with Gasteiger partial charge in [0.25, 0.3) is 5.69 Å². The van der Waals surface area contributed by atoms with E-state index in [0.717, 1.165) is 18.8 Å². The molecule has 0 bridgehead atoms. The number of aromatic nitrogens is 1. The molecule has 0 aromatic carbocycles. The van der Waals surface area contributed by atoms with Crippen molar-refractivity contribution < 1.29 is 14.4 Å². The average Bonchev–Trinajstić information content (AvgIpc) is 2.45. The molecule has 0 spiro atoms. The van der Waals surface area contributed by atoms with E-state index >= 15 is 0 Å². The van der Waals surface area contributed by atoms with Crippen molar-refractivity contribution in [3.8, 4) is 11.9 Å². The molecular weight excluding hydrogens is 264 g/mol. The first kappa shape index (κ1) is 14.2. The summed E-state index contributed by atoms with van der Waals surface area (Å²) >= 11 is 0. The van der Waals surface area contributed by atoms with Gasteiger partial charge in [-0.05, 0) is 6.92 Å². The molecule has 8 nitrogen and oxygen atoms in total. The topological polar surface area (TPSA) is 110 Å². The number of ether oxygens (including phenoxy) is 2. The molecule has 1 aromatic heterocycles. The zero-order valence-electron chi connectivity index (χ0n) is 10.9. The standard InChI is InChI=1S/C12H14N4O4/c1-8-4-14-6-11(20-8)7-19-12-9(3-13)2-10(5-15-12)16(17)18/h2,5,8,11,14H,4,6-7H2,1H3. The average molecular weight is 278 g/mol. The molecule has 106 valence electrons. The smallest absolute Gasteiger partial charge is 0.289 e. The van der Waals surface area contributed by atoms with Crippen molar-refractivity contribution >= 4 is 5.69 Å². The first-order chi connectivity index (χ1) is 9.60.